The molecule has 0 spiro atoms. The minimum Gasteiger partial charge on any atom is -0.348 e. The van der Waals surface area contributed by atoms with Gasteiger partial charge in [-0.3, -0.25) is 0 Å². The average molecular weight is 232 g/mol. The van der Waals surface area contributed by atoms with Crippen LogP contribution in [0.5, 0.6) is 0 Å². The zero-order chi connectivity index (χ0) is 12.3. The van der Waals surface area contributed by atoms with E-state index in [1.165, 1.54) is 22.2 Å². The van der Waals surface area contributed by atoms with E-state index in [1.54, 1.807) is 0 Å². The van der Waals surface area contributed by atoms with E-state index in [0.29, 0.717) is 6.61 Å². The van der Waals surface area contributed by atoms with Crippen molar-refractivity contribution in [2.24, 2.45) is 12.9 Å². The minimum atomic E-state index is 0.643. The SMILES string of the molecule is Cc1c(CCCCON)c2ccccc2n1C. The zero-order valence-electron chi connectivity index (χ0n) is 10.6. The number of hydrogen-bond acceptors (Lipinski definition) is 2. The lowest BCUT2D eigenvalue weighted by molar-refractivity contribution is 0.134. The van der Waals surface area contributed by atoms with Crippen molar-refractivity contribution in [3.05, 3.63) is 35.5 Å². The molecule has 0 atom stereocenters. The van der Waals surface area contributed by atoms with E-state index < -0.39 is 0 Å². The van der Waals surface area contributed by atoms with Crippen LogP contribution in [0.15, 0.2) is 24.3 Å². The molecule has 0 aliphatic carbocycles. The smallest absolute Gasteiger partial charge is 0.0679 e. The molecule has 3 nitrogen and oxygen atoms in total. The lowest BCUT2D eigenvalue weighted by atomic mass is 10.0. The Morgan fingerprint density at radius 2 is 2.00 bits per heavy atom. The highest BCUT2D eigenvalue weighted by atomic mass is 16.6. The van der Waals surface area contributed by atoms with Crippen molar-refractivity contribution in [2.75, 3.05) is 6.61 Å². The van der Waals surface area contributed by atoms with Crippen LogP contribution in [-0.4, -0.2) is 11.2 Å². The second kappa shape index (κ2) is 5.34. The van der Waals surface area contributed by atoms with E-state index in [9.17, 15) is 0 Å². The number of aryl methyl sites for hydroxylation is 2. The van der Waals surface area contributed by atoms with Crippen LogP contribution in [0.25, 0.3) is 10.9 Å². The molecule has 2 N–H and O–H groups in total. The van der Waals surface area contributed by atoms with Gasteiger partial charge in [-0.15, -0.1) is 0 Å². The van der Waals surface area contributed by atoms with Gasteiger partial charge in [0.25, 0.3) is 0 Å². The highest BCUT2D eigenvalue weighted by molar-refractivity contribution is 5.85. The monoisotopic (exact) mass is 232 g/mol. The Bertz CT molecular complexity index is 502. The van der Waals surface area contributed by atoms with Gasteiger partial charge in [-0.2, -0.15) is 0 Å². The number of hydrogen-bond donors (Lipinski definition) is 1. The first-order valence-electron chi connectivity index (χ1n) is 6.10. The summed E-state index contributed by atoms with van der Waals surface area (Å²) in [5.41, 5.74) is 4.13. The summed E-state index contributed by atoms with van der Waals surface area (Å²) in [4.78, 5) is 4.60. The molecule has 0 fully saturated rings. The van der Waals surface area contributed by atoms with Gasteiger partial charge in [0.1, 0.15) is 0 Å². The van der Waals surface area contributed by atoms with Crippen LogP contribution in [0.2, 0.25) is 0 Å². The summed E-state index contributed by atoms with van der Waals surface area (Å²) in [7, 11) is 2.13. The van der Waals surface area contributed by atoms with Crippen molar-refractivity contribution >= 4 is 10.9 Å². The average Bonchev–Trinajstić information content (AvgIpc) is 2.60. The number of nitrogens with two attached hydrogens (primary N) is 1. The Hall–Kier alpha value is -1.32. The maximum atomic E-state index is 5.03. The molecule has 2 rings (SSSR count). The lowest BCUT2D eigenvalue weighted by Crippen LogP contribution is -2.01. The Morgan fingerprint density at radius 3 is 2.76 bits per heavy atom. The van der Waals surface area contributed by atoms with Crippen LogP contribution in [0.3, 0.4) is 0 Å². The first kappa shape index (κ1) is 12.1. The molecule has 0 saturated heterocycles. The lowest BCUT2D eigenvalue weighted by Gasteiger charge is -2.02. The number of para-hydroxylation sites is 1. The van der Waals surface area contributed by atoms with Crippen LogP contribution in [-0.2, 0) is 18.3 Å². The second-order valence-electron chi connectivity index (χ2n) is 4.47. The van der Waals surface area contributed by atoms with Crippen molar-refractivity contribution in [3.63, 3.8) is 0 Å². The summed E-state index contributed by atoms with van der Waals surface area (Å²) >= 11 is 0. The number of fused-ring (bicyclic) bond motifs is 1. The summed E-state index contributed by atoms with van der Waals surface area (Å²) in [6.45, 7) is 2.83. The first-order valence-corrected chi connectivity index (χ1v) is 6.10. The molecule has 0 amide bonds. The quantitative estimate of drug-likeness (QED) is 0.636. The van der Waals surface area contributed by atoms with Gasteiger partial charge in [0.05, 0.1) is 6.61 Å². The molecule has 0 aliphatic rings. The molecular formula is C14H20N2O. The number of aromatic nitrogens is 1. The van der Waals surface area contributed by atoms with Crippen molar-refractivity contribution in [3.8, 4) is 0 Å². The number of unbranched alkanes of at least 4 members (excludes halogenated alkanes) is 1. The molecule has 0 aliphatic heterocycles. The molecule has 0 bridgehead atoms. The van der Waals surface area contributed by atoms with Gasteiger partial charge in [-0.1, -0.05) is 18.2 Å². The highest BCUT2D eigenvalue weighted by Crippen LogP contribution is 2.25. The Balaban J connectivity index is 2.24. The summed E-state index contributed by atoms with van der Waals surface area (Å²) in [5.74, 6) is 5.03. The highest BCUT2D eigenvalue weighted by Gasteiger charge is 2.10. The molecule has 17 heavy (non-hydrogen) atoms. The molecule has 0 unspecified atom stereocenters. The van der Waals surface area contributed by atoms with Gasteiger partial charge in [0.2, 0.25) is 0 Å². The largest absolute Gasteiger partial charge is 0.348 e. The maximum absolute atomic E-state index is 5.03. The van der Waals surface area contributed by atoms with Crippen LogP contribution < -0.4 is 5.90 Å². The molecule has 1 heterocycles. The van der Waals surface area contributed by atoms with E-state index in [-0.39, 0.29) is 0 Å². The molecule has 1 aromatic heterocycles. The van der Waals surface area contributed by atoms with Gasteiger partial charge in [0, 0.05) is 23.6 Å². The zero-order valence-corrected chi connectivity index (χ0v) is 10.6. The fourth-order valence-corrected chi connectivity index (χ4v) is 2.40. The molecule has 1 aromatic carbocycles. The van der Waals surface area contributed by atoms with Crippen LogP contribution >= 0.6 is 0 Å². The fraction of sp³-hybridized carbons (Fsp3) is 0.429. The van der Waals surface area contributed by atoms with E-state index in [2.05, 4.69) is 47.6 Å². The fourth-order valence-electron chi connectivity index (χ4n) is 2.40. The summed E-state index contributed by atoms with van der Waals surface area (Å²) < 4.78 is 2.27. The molecular weight excluding hydrogens is 212 g/mol. The van der Waals surface area contributed by atoms with Crippen LogP contribution in [0.4, 0.5) is 0 Å². The minimum absolute atomic E-state index is 0.643. The third-order valence-corrected chi connectivity index (χ3v) is 3.47. The van der Waals surface area contributed by atoms with E-state index in [1.807, 2.05) is 0 Å². The normalized spacial score (nSPS) is 11.2. The summed E-state index contributed by atoms with van der Waals surface area (Å²) in [6.07, 6.45) is 3.22. The van der Waals surface area contributed by atoms with Gasteiger partial charge >= 0.3 is 0 Å². The van der Waals surface area contributed by atoms with E-state index >= 15 is 0 Å². The van der Waals surface area contributed by atoms with Crippen molar-refractivity contribution < 1.29 is 4.84 Å². The topological polar surface area (TPSA) is 40.2 Å². The predicted molar refractivity (Wildman–Crippen MR) is 70.7 cm³/mol. The van der Waals surface area contributed by atoms with Gasteiger partial charge in [0.15, 0.2) is 0 Å². The standard InChI is InChI=1S/C14H20N2O/c1-11-12(7-5-6-10-17-15)13-8-3-4-9-14(13)16(11)2/h3-4,8-9H,5-7,10,15H2,1-2H3. The van der Waals surface area contributed by atoms with Crippen molar-refractivity contribution in [1.29, 1.82) is 0 Å². The van der Waals surface area contributed by atoms with E-state index in [4.69, 9.17) is 5.90 Å². The molecule has 92 valence electrons. The van der Waals surface area contributed by atoms with Crippen molar-refractivity contribution in [1.82, 2.24) is 4.57 Å². The number of benzene rings is 1. The maximum Gasteiger partial charge on any atom is 0.0679 e. The molecule has 2 aromatic rings. The van der Waals surface area contributed by atoms with Crippen molar-refractivity contribution in [2.45, 2.75) is 26.2 Å². The second-order valence-corrected chi connectivity index (χ2v) is 4.47. The Kier molecular flexibility index (Phi) is 3.82. The van der Waals surface area contributed by atoms with Crippen LogP contribution in [0, 0.1) is 6.92 Å². The summed E-state index contributed by atoms with van der Waals surface area (Å²) in [6, 6.07) is 8.58. The summed E-state index contributed by atoms with van der Waals surface area (Å²) in [5, 5.41) is 1.38. The van der Waals surface area contributed by atoms with E-state index in [0.717, 1.165) is 19.3 Å². The molecule has 0 saturated carbocycles. The number of nitrogens with zero attached hydrogens (tertiary/aromatic N) is 1. The van der Waals surface area contributed by atoms with Gasteiger partial charge in [-0.25, -0.2) is 5.90 Å². The first-order chi connectivity index (χ1) is 8.25. The van der Waals surface area contributed by atoms with Gasteiger partial charge < -0.3 is 9.40 Å². The third-order valence-electron chi connectivity index (χ3n) is 3.47. The van der Waals surface area contributed by atoms with Gasteiger partial charge in [-0.05, 0) is 37.8 Å². The third kappa shape index (κ3) is 2.35. The Labute approximate surface area is 102 Å². The predicted octanol–water partition coefficient (Wildman–Crippen LogP) is 2.70. The molecule has 3 heteroatoms. The Morgan fingerprint density at radius 1 is 1.24 bits per heavy atom. The van der Waals surface area contributed by atoms with Crippen LogP contribution in [0.1, 0.15) is 24.1 Å². The number of rotatable bonds is 5. The molecule has 0 radical (unpaired) electrons.